The second kappa shape index (κ2) is 7.14. The zero-order valence-electron chi connectivity index (χ0n) is 9.91. The number of nitrogens with one attached hydrogen (secondary N) is 1. The van der Waals surface area contributed by atoms with Gasteiger partial charge in [-0.1, -0.05) is 0 Å². The summed E-state index contributed by atoms with van der Waals surface area (Å²) < 4.78 is 5.18. The summed E-state index contributed by atoms with van der Waals surface area (Å²) in [5.41, 5.74) is 0. The van der Waals surface area contributed by atoms with Gasteiger partial charge in [-0.2, -0.15) is 0 Å². The third kappa shape index (κ3) is 4.13. The first kappa shape index (κ1) is 14.7. The van der Waals surface area contributed by atoms with E-state index in [0.717, 1.165) is 0 Å². The number of aliphatic hydroxyl groups is 2. The van der Waals surface area contributed by atoms with E-state index in [9.17, 15) is 9.59 Å². The highest BCUT2D eigenvalue weighted by Crippen LogP contribution is 2.05. The first-order valence-corrected chi connectivity index (χ1v) is 5.70. The van der Waals surface area contributed by atoms with Crippen LogP contribution in [0.2, 0.25) is 0 Å². The Morgan fingerprint density at radius 2 is 2.17 bits per heavy atom. The fourth-order valence-electron chi connectivity index (χ4n) is 1.64. The van der Waals surface area contributed by atoms with Gasteiger partial charge in [-0.3, -0.25) is 0 Å². The fourth-order valence-corrected chi connectivity index (χ4v) is 1.64. The number of urea groups is 1. The molecule has 1 saturated heterocycles. The molecule has 1 heterocycles. The van der Waals surface area contributed by atoms with E-state index < -0.39 is 24.1 Å². The number of carbonyl (C=O) groups excluding carboxylic acids is 1. The van der Waals surface area contributed by atoms with Gasteiger partial charge in [0.05, 0.1) is 25.9 Å². The Hall–Kier alpha value is -1.38. The van der Waals surface area contributed by atoms with Gasteiger partial charge in [0.2, 0.25) is 0 Å². The Morgan fingerprint density at radius 3 is 2.72 bits per heavy atom. The largest absolute Gasteiger partial charge is 0.480 e. The lowest BCUT2D eigenvalue weighted by atomic mass is 10.2. The summed E-state index contributed by atoms with van der Waals surface area (Å²) >= 11 is 0. The van der Waals surface area contributed by atoms with Crippen molar-refractivity contribution in [1.29, 1.82) is 0 Å². The lowest BCUT2D eigenvalue weighted by Gasteiger charge is -2.32. The van der Waals surface area contributed by atoms with Crippen LogP contribution in [0.1, 0.15) is 6.42 Å². The van der Waals surface area contributed by atoms with E-state index in [4.69, 9.17) is 20.1 Å². The normalized spacial score (nSPS) is 21.4. The number of aliphatic hydroxyl groups excluding tert-OH is 2. The molecular weight excluding hydrogens is 244 g/mol. The van der Waals surface area contributed by atoms with Crippen molar-refractivity contribution in [1.82, 2.24) is 10.2 Å². The highest BCUT2D eigenvalue weighted by atomic mass is 16.5. The zero-order valence-corrected chi connectivity index (χ0v) is 9.91. The van der Waals surface area contributed by atoms with Gasteiger partial charge in [-0.15, -0.1) is 0 Å². The molecule has 4 N–H and O–H groups in total. The lowest BCUT2D eigenvalue weighted by Crippen LogP contribution is -2.54. The monoisotopic (exact) mass is 262 g/mol. The molecule has 0 aromatic carbocycles. The number of morpholine rings is 1. The summed E-state index contributed by atoms with van der Waals surface area (Å²) in [6.45, 7) is 0.348. The topological polar surface area (TPSA) is 119 Å². The number of carboxylic acids is 1. The Bertz CT molecular complexity index is 298. The van der Waals surface area contributed by atoms with Crippen molar-refractivity contribution in [3.63, 3.8) is 0 Å². The minimum absolute atomic E-state index is 0.0468. The maximum atomic E-state index is 11.8. The first-order valence-electron chi connectivity index (χ1n) is 5.70. The molecule has 0 aromatic heterocycles. The van der Waals surface area contributed by atoms with Gasteiger partial charge in [0.15, 0.2) is 0 Å². The van der Waals surface area contributed by atoms with Crippen LogP contribution < -0.4 is 5.32 Å². The second-order valence-corrected chi connectivity index (χ2v) is 3.97. The molecule has 0 spiro atoms. The van der Waals surface area contributed by atoms with Crippen molar-refractivity contribution in [3.8, 4) is 0 Å². The van der Waals surface area contributed by atoms with Crippen molar-refractivity contribution < 1.29 is 29.6 Å². The highest BCUT2D eigenvalue weighted by Gasteiger charge is 2.27. The molecule has 1 rings (SSSR count). The lowest BCUT2D eigenvalue weighted by molar-refractivity contribution is -0.139. The van der Waals surface area contributed by atoms with Gasteiger partial charge >= 0.3 is 12.0 Å². The molecule has 1 fully saturated rings. The molecule has 0 saturated carbocycles. The molecule has 104 valence electrons. The van der Waals surface area contributed by atoms with E-state index in [1.165, 1.54) is 4.90 Å². The zero-order chi connectivity index (χ0) is 13.5. The van der Waals surface area contributed by atoms with Crippen LogP contribution in [-0.2, 0) is 9.53 Å². The molecule has 1 aliphatic rings. The molecule has 18 heavy (non-hydrogen) atoms. The van der Waals surface area contributed by atoms with Crippen LogP contribution in [0.4, 0.5) is 4.79 Å². The summed E-state index contributed by atoms with van der Waals surface area (Å²) in [4.78, 5) is 24.0. The van der Waals surface area contributed by atoms with Crippen LogP contribution in [0.15, 0.2) is 0 Å². The number of ether oxygens (including phenoxy) is 1. The van der Waals surface area contributed by atoms with Crippen LogP contribution in [0.25, 0.3) is 0 Å². The van der Waals surface area contributed by atoms with Crippen molar-refractivity contribution in [2.45, 2.75) is 18.6 Å². The summed E-state index contributed by atoms with van der Waals surface area (Å²) in [7, 11) is 0. The maximum absolute atomic E-state index is 11.8. The third-order valence-corrected chi connectivity index (χ3v) is 2.64. The van der Waals surface area contributed by atoms with Crippen LogP contribution in [-0.4, -0.2) is 77.3 Å². The van der Waals surface area contributed by atoms with Crippen LogP contribution in [0.5, 0.6) is 0 Å². The molecular formula is C10H18N2O6. The molecule has 8 heteroatoms. The Labute approximate surface area is 104 Å². The highest BCUT2D eigenvalue weighted by molar-refractivity contribution is 5.82. The minimum atomic E-state index is -1.19. The summed E-state index contributed by atoms with van der Waals surface area (Å²) in [6.07, 6.45) is -0.486. The number of rotatable bonds is 5. The molecule has 0 bridgehead atoms. The first-order chi connectivity index (χ1) is 8.58. The van der Waals surface area contributed by atoms with Crippen LogP contribution in [0, 0.1) is 0 Å². The van der Waals surface area contributed by atoms with Gasteiger partial charge in [-0.05, 0) is 0 Å². The number of carboxylic acid groups (broad SMARTS) is 1. The van der Waals surface area contributed by atoms with Crippen molar-refractivity contribution in [2.24, 2.45) is 0 Å². The van der Waals surface area contributed by atoms with Crippen LogP contribution in [0.3, 0.4) is 0 Å². The number of hydrogen-bond donors (Lipinski definition) is 4. The number of carbonyl (C=O) groups is 2. The maximum Gasteiger partial charge on any atom is 0.326 e. The number of aliphatic carboxylic acids is 1. The van der Waals surface area contributed by atoms with Crippen molar-refractivity contribution in [3.05, 3.63) is 0 Å². The van der Waals surface area contributed by atoms with Gasteiger partial charge in [0, 0.05) is 19.6 Å². The number of amides is 2. The molecule has 1 aliphatic heterocycles. The Morgan fingerprint density at radius 1 is 1.44 bits per heavy atom. The van der Waals surface area contributed by atoms with E-state index in [2.05, 4.69) is 5.32 Å². The third-order valence-electron chi connectivity index (χ3n) is 2.64. The van der Waals surface area contributed by atoms with Crippen LogP contribution >= 0.6 is 0 Å². The number of hydrogen-bond acceptors (Lipinski definition) is 5. The average Bonchev–Trinajstić information content (AvgIpc) is 2.38. The Balaban J connectivity index is 2.50. The van der Waals surface area contributed by atoms with Gasteiger partial charge in [0.1, 0.15) is 6.04 Å². The van der Waals surface area contributed by atoms with E-state index in [1.54, 1.807) is 0 Å². The second-order valence-electron chi connectivity index (χ2n) is 3.97. The number of nitrogens with zero attached hydrogens (tertiary/aromatic N) is 1. The summed E-state index contributed by atoms with van der Waals surface area (Å²) in [6, 6.07) is -1.64. The molecule has 0 radical (unpaired) electrons. The predicted octanol–water partition coefficient (Wildman–Crippen LogP) is -1.78. The minimum Gasteiger partial charge on any atom is -0.480 e. The molecule has 1 unspecified atom stereocenters. The van der Waals surface area contributed by atoms with Gasteiger partial charge in [0.25, 0.3) is 0 Å². The van der Waals surface area contributed by atoms with E-state index >= 15 is 0 Å². The summed E-state index contributed by atoms with van der Waals surface area (Å²) in [5.74, 6) is -1.19. The molecule has 0 aliphatic carbocycles. The molecule has 2 atom stereocenters. The molecule has 2 amide bonds. The van der Waals surface area contributed by atoms with E-state index in [-0.39, 0.29) is 26.2 Å². The average molecular weight is 262 g/mol. The van der Waals surface area contributed by atoms with Crippen molar-refractivity contribution >= 4 is 12.0 Å². The van der Waals surface area contributed by atoms with E-state index in [1.807, 2.05) is 0 Å². The SMILES string of the molecule is O=C(O)[C@H](CCO)NC(=O)N1CCOC(CO)C1. The predicted molar refractivity (Wildman–Crippen MR) is 60.1 cm³/mol. The molecule has 0 aromatic rings. The van der Waals surface area contributed by atoms with E-state index in [0.29, 0.717) is 13.2 Å². The van der Waals surface area contributed by atoms with Gasteiger partial charge in [-0.25, -0.2) is 9.59 Å². The van der Waals surface area contributed by atoms with Crippen molar-refractivity contribution in [2.75, 3.05) is 32.9 Å². The summed E-state index contributed by atoms with van der Waals surface area (Å²) in [5, 5.41) is 28.8. The molecule has 8 nitrogen and oxygen atoms in total. The smallest absolute Gasteiger partial charge is 0.326 e. The quantitative estimate of drug-likeness (QED) is 0.465. The van der Waals surface area contributed by atoms with Gasteiger partial charge < -0.3 is 30.3 Å². The fraction of sp³-hybridized carbons (Fsp3) is 0.800. The Kier molecular flexibility index (Phi) is 5.83. The standard InChI is InChI=1S/C10H18N2O6/c13-3-1-8(9(15)16)11-10(17)12-2-4-18-7(5-12)6-14/h7-8,13-14H,1-6H2,(H,11,17)(H,15,16)/t7?,8-/m0/s1.